The van der Waals surface area contributed by atoms with Crippen LogP contribution in [-0.4, -0.2) is 54.2 Å². The van der Waals surface area contributed by atoms with Crippen LogP contribution in [0.25, 0.3) is 0 Å². The maximum absolute atomic E-state index is 11.4. The molecule has 8 nitrogen and oxygen atoms in total. The lowest BCUT2D eigenvalue weighted by atomic mass is 10.0. The minimum atomic E-state index is -4.65. The fourth-order valence-corrected chi connectivity index (χ4v) is 5.24. The van der Waals surface area contributed by atoms with E-state index in [4.69, 9.17) is 15.4 Å². The van der Waals surface area contributed by atoms with Crippen LogP contribution in [0.15, 0.2) is 0 Å². The zero-order valence-electron chi connectivity index (χ0n) is 12.8. The molecule has 0 aromatic heterocycles. The molecule has 0 radical (unpaired) electrons. The van der Waals surface area contributed by atoms with Crippen molar-refractivity contribution in [2.45, 2.75) is 68.4 Å². The monoisotopic (exact) mass is 361 g/mol. The number of hydrogen-bond donors (Lipinski definition) is 4. The first-order valence-electron chi connectivity index (χ1n) is 7.33. The predicted molar refractivity (Wildman–Crippen MR) is 83.7 cm³/mol. The van der Waals surface area contributed by atoms with Crippen LogP contribution in [0.4, 0.5) is 0 Å². The highest BCUT2D eigenvalue weighted by atomic mass is 32.2. The molecule has 5 N–H and O–H groups in total. The Bertz CT molecular complexity index is 504. The van der Waals surface area contributed by atoms with E-state index in [1.807, 2.05) is 0 Å². The number of aliphatic hydroxyl groups is 1. The zero-order valence-corrected chi connectivity index (χ0v) is 14.4. The normalized spacial score (nSPS) is 17.1. The van der Waals surface area contributed by atoms with E-state index in [1.54, 1.807) is 0 Å². The molecule has 134 valence electrons. The summed E-state index contributed by atoms with van der Waals surface area (Å²) in [7, 11) is -9.24. The lowest BCUT2D eigenvalue weighted by molar-refractivity contribution is 0.282. The lowest BCUT2D eigenvalue weighted by Gasteiger charge is -2.24. The van der Waals surface area contributed by atoms with Gasteiger partial charge in [-0.3, -0.25) is 9.11 Å². The Labute approximate surface area is 132 Å². The standard InChI is InChI=1S/C12H27NO7S2/c1-2-11(21(15,16)17)12(22(18,19)20)9-10(13)7-5-3-4-6-8-14/h10-12,14H,2-9,13H2,1H3,(H,15,16,17)(H,18,19,20). The first-order valence-corrected chi connectivity index (χ1v) is 10.3. The smallest absolute Gasteiger partial charge is 0.269 e. The molecule has 0 aliphatic carbocycles. The fourth-order valence-electron chi connectivity index (χ4n) is 2.42. The summed E-state index contributed by atoms with van der Waals surface area (Å²) in [6.45, 7) is 1.53. The topological polar surface area (TPSA) is 155 Å². The quantitative estimate of drug-likeness (QED) is 0.290. The molecule has 0 heterocycles. The largest absolute Gasteiger partial charge is 0.396 e. The second-order valence-electron chi connectivity index (χ2n) is 5.44. The summed E-state index contributed by atoms with van der Waals surface area (Å²) < 4.78 is 63.8. The maximum atomic E-state index is 11.4. The molecule has 0 amide bonds. The molecule has 22 heavy (non-hydrogen) atoms. The van der Waals surface area contributed by atoms with Crippen molar-refractivity contribution < 1.29 is 31.0 Å². The van der Waals surface area contributed by atoms with Gasteiger partial charge in [0.25, 0.3) is 20.2 Å². The van der Waals surface area contributed by atoms with Crippen molar-refractivity contribution >= 4 is 20.2 Å². The van der Waals surface area contributed by atoms with Crippen LogP contribution in [0.1, 0.15) is 51.9 Å². The number of hydrogen-bond acceptors (Lipinski definition) is 6. The van der Waals surface area contributed by atoms with Crippen molar-refractivity contribution in [3.8, 4) is 0 Å². The van der Waals surface area contributed by atoms with Gasteiger partial charge >= 0.3 is 0 Å². The molecular formula is C12H27NO7S2. The van der Waals surface area contributed by atoms with Gasteiger partial charge in [-0.15, -0.1) is 0 Å². The van der Waals surface area contributed by atoms with Crippen LogP contribution >= 0.6 is 0 Å². The minimum Gasteiger partial charge on any atom is -0.396 e. The van der Waals surface area contributed by atoms with Crippen LogP contribution in [0, 0.1) is 0 Å². The van der Waals surface area contributed by atoms with Gasteiger partial charge < -0.3 is 10.8 Å². The Kier molecular flexibility index (Phi) is 9.67. The third-order valence-corrected chi connectivity index (χ3v) is 6.49. The molecule has 3 unspecified atom stereocenters. The molecule has 0 fully saturated rings. The third-order valence-electron chi connectivity index (χ3n) is 3.60. The second-order valence-corrected chi connectivity index (χ2v) is 8.71. The fraction of sp³-hybridized carbons (Fsp3) is 1.00. The van der Waals surface area contributed by atoms with E-state index < -0.39 is 36.8 Å². The average Bonchev–Trinajstić information content (AvgIpc) is 2.35. The highest BCUT2D eigenvalue weighted by Crippen LogP contribution is 2.22. The van der Waals surface area contributed by atoms with Gasteiger partial charge in [0.1, 0.15) is 10.5 Å². The van der Waals surface area contributed by atoms with E-state index in [9.17, 15) is 21.4 Å². The van der Waals surface area contributed by atoms with Crippen molar-refractivity contribution in [2.75, 3.05) is 6.61 Å². The summed E-state index contributed by atoms with van der Waals surface area (Å²) in [4.78, 5) is 0. The van der Waals surface area contributed by atoms with E-state index >= 15 is 0 Å². The number of nitrogens with two attached hydrogens (primary N) is 1. The summed E-state index contributed by atoms with van der Waals surface area (Å²) in [6, 6.07) is -0.600. The van der Waals surface area contributed by atoms with Crippen LogP contribution in [0.2, 0.25) is 0 Å². The molecule has 0 aliphatic rings. The van der Waals surface area contributed by atoms with E-state index in [0.717, 1.165) is 12.8 Å². The van der Waals surface area contributed by atoms with E-state index in [1.165, 1.54) is 6.92 Å². The van der Waals surface area contributed by atoms with Gasteiger partial charge in [-0.1, -0.05) is 26.2 Å². The Hall–Kier alpha value is -0.260. The second kappa shape index (κ2) is 9.78. The Morgan fingerprint density at radius 2 is 1.41 bits per heavy atom. The first-order chi connectivity index (χ1) is 10.0. The van der Waals surface area contributed by atoms with Crippen molar-refractivity contribution in [3.05, 3.63) is 0 Å². The molecule has 10 heteroatoms. The SMILES string of the molecule is CCC(C(CC(N)CCCCCCO)S(=O)(=O)O)S(=O)(=O)O. The molecule has 0 aromatic carbocycles. The van der Waals surface area contributed by atoms with E-state index in [-0.39, 0.29) is 19.4 Å². The average molecular weight is 361 g/mol. The Morgan fingerprint density at radius 1 is 0.909 bits per heavy atom. The van der Waals surface area contributed by atoms with Gasteiger partial charge in [0.05, 0.1) is 0 Å². The molecule has 0 aliphatic heterocycles. The summed E-state index contributed by atoms with van der Waals surface area (Å²) in [5.74, 6) is 0. The molecule has 0 saturated heterocycles. The third kappa shape index (κ3) is 8.39. The number of unbranched alkanes of at least 4 members (excludes halogenated alkanes) is 3. The van der Waals surface area contributed by atoms with Gasteiger partial charge in [-0.25, -0.2) is 0 Å². The van der Waals surface area contributed by atoms with Crippen LogP contribution in [0.5, 0.6) is 0 Å². The van der Waals surface area contributed by atoms with Crippen molar-refractivity contribution in [1.29, 1.82) is 0 Å². The number of aliphatic hydroxyl groups excluding tert-OH is 1. The molecule has 0 rings (SSSR count). The Balaban J connectivity index is 4.74. The highest BCUT2D eigenvalue weighted by molar-refractivity contribution is 7.90. The molecule has 3 atom stereocenters. The minimum absolute atomic E-state index is 0.115. The van der Waals surface area contributed by atoms with Gasteiger partial charge in [-0.05, 0) is 25.7 Å². The molecular weight excluding hydrogens is 334 g/mol. The van der Waals surface area contributed by atoms with Gasteiger partial charge in [-0.2, -0.15) is 16.8 Å². The summed E-state index contributed by atoms with van der Waals surface area (Å²) in [5.41, 5.74) is 5.82. The summed E-state index contributed by atoms with van der Waals surface area (Å²) in [5, 5.41) is 5.41. The highest BCUT2D eigenvalue weighted by Gasteiger charge is 2.39. The summed E-state index contributed by atoms with van der Waals surface area (Å²) in [6.07, 6.45) is 3.13. The lowest BCUT2D eigenvalue weighted by Crippen LogP contribution is -2.42. The maximum Gasteiger partial charge on any atom is 0.269 e. The molecule has 0 saturated carbocycles. The molecule has 0 bridgehead atoms. The Morgan fingerprint density at radius 3 is 1.82 bits per heavy atom. The van der Waals surface area contributed by atoms with Crippen molar-refractivity contribution in [3.63, 3.8) is 0 Å². The van der Waals surface area contributed by atoms with Crippen molar-refractivity contribution in [2.24, 2.45) is 5.73 Å². The molecule has 0 spiro atoms. The van der Waals surface area contributed by atoms with E-state index in [0.29, 0.717) is 19.3 Å². The summed E-state index contributed by atoms with van der Waals surface area (Å²) >= 11 is 0. The zero-order chi connectivity index (χ0) is 17.4. The van der Waals surface area contributed by atoms with Crippen LogP contribution in [0.3, 0.4) is 0 Å². The van der Waals surface area contributed by atoms with Crippen LogP contribution < -0.4 is 5.73 Å². The van der Waals surface area contributed by atoms with E-state index in [2.05, 4.69) is 0 Å². The number of rotatable bonds is 12. The van der Waals surface area contributed by atoms with Gasteiger partial charge in [0.2, 0.25) is 0 Å². The first kappa shape index (κ1) is 21.7. The van der Waals surface area contributed by atoms with Gasteiger partial charge in [0.15, 0.2) is 0 Å². The van der Waals surface area contributed by atoms with Crippen LogP contribution in [-0.2, 0) is 20.2 Å². The van der Waals surface area contributed by atoms with Gasteiger partial charge in [0, 0.05) is 12.6 Å². The molecule has 0 aromatic rings. The predicted octanol–water partition coefficient (Wildman–Crippen LogP) is 0.569. The van der Waals surface area contributed by atoms with Crippen molar-refractivity contribution in [1.82, 2.24) is 0 Å².